The van der Waals surface area contributed by atoms with Gasteiger partial charge in [-0.05, 0) is 43.7 Å². The molecule has 3 aromatic rings. The molecule has 2 aromatic heterocycles. The Morgan fingerprint density at radius 2 is 2.20 bits per heavy atom. The molecule has 0 fully saturated rings. The molecule has 1 unspecified atom stereocenters. The maximum absolute atomic E-state index is 12.4. The van der Waals surface area contributed by atoms with Crippen molar-refractivity contribution < 1.29 is 9.90 Å². The third kappa shape index (κ3) is 4.00. The molecule has 7 nitrogen and oxygen atoms in total. The van der Waals surface area contributed by atoms with Crippen LogP contribution >= 0.6 is 0 Å². The van der Waals surface area contributed by atoms with Gasteiger partial charge in [0.2, 0.25) is 0 Å². The molecule has 1 aromatic carbocycles. The van der Waals surface area contributed by atoms with Crippen molar-refractivity contribution in [2.24, 2.45) is 5.92 Å². The molecule has 0 radical (unpaired) electrons. The number of aliphatic hydroxyl groups excluding tert-OH is 1. The van der Waals surface area contributed by atoms with Crippen molar-refractivity contribution in [1.29, 1.82) is 0 Å². The number of aryl methyl sites for hydroxylation is 1. The van der Waals surface area contributed by atoms with E-state index < -0.39 is 0 Å². The zero-order valence-electron chi connectivity index (χ0n) is 14.1. The van der Waals surface area contributed by atoms with Crippen LogP contribution in [0.15, 0.2) is 42.6 Å². The van der Waals surface area contributed by atoms with E-state index in [0.29, 0.717) is 24.0 Å². The number of aromatic nitrogens is 4. The lowest BCUT2D eigenvalue weighted by atomic mass is 10.0. The fourth-order valence-electron chi connectivity index (χ4n) is 2.70. The Kier molecular flexibility index (Phi) is 5.35. The van der Waals surface area contributed by atoms with E-state index in [1.165, 1.54) is 0 Å². The predicted molar refractivity (Wildman–Crippen MR) is 94.1 cm³/mol. The second-order valence-electron chi connectivity index (χ2n) is 5.89. The lowest BCUT2D eigenvalue weighted by Gasteiger charge is -2.14. The first-order chi connectivity index (χ1) is 12.2. The average molecular weight is 339 g/mol. The molecular weight excluding hydrogens is 318 g/mol. The molecule has 1 amide bonds. The Hall–Kier alpha value is -2.80. The molecule has 0 aliphatic heterocycles. The minimum absolute atomic E-state index is 0.0132. The van der Waals surface area contributed by atoms with E-state index in [1.54, 1.807) is 23.0 Å². The summed E-state index contributed by atoms with van der Waals surface area (Å²) >= 11 is 0. The van der Waals surface area contributed by atoms with E-state index in [4.69, 9.17) is 0 Å². The summed E-state index contributed by atoms with van der Waals surface area (Å²) in [7, 11) is 0. The van der Waals surface area contributed by atoms with Crippen LogP contribution in [0.25, 0.3) is 11.0 Å². The molecular formula is C18H21N5O2. The van der Waals surface area contributed by atoms with Gasteiger partial charge in [-0.25, -0.2) is 4.68 Å². The van der Waals surface area contributed by atoms with Gasteiger partial charge in [-0.1, -0.05) is 11.3 Å². The number of carbonyl (C=O) groups excluding carboxylic acids is 1. The second kappa shape index (κ2) is 7.85. The summed E-state index contributed by atoms with van der Waals surface area (Å²) < 4.78 is 1.78. The third-order valence-electron chi connectivity index (χ3n) is 4.11. The summed E-state index contributed by atoms with van der Waals surface area (Å²) in [4.78, 5) is 16.6. The topological polar surface area (TPSA) is 92.9 Å². The normalized spacial score (nSPS) is 12.2. The first-order valence-electron chi connectivity index (χ1n) is 8.33. The van der Waals surface area contributed by atoms with Gasteiger partial charge in [-0.3, -0.25) is 9.78 Å². The standard InChI is InChI=1S/C18H21N5O2/c1-2-23-17-7-6-14(10-16(17)21-22-23)18(25)20-11-13(12-24)9-15-5-3-4-8-19-15/h3-8,10,13,24H,2,9,11-12H2,1H3,(H,20,25). The van der Waals surface area contributed by atoms with Crippen LogP contribution in [0.1, 0.15) is 23.0 Å². The first-order valence-corrected chi connectivity index (χ1v) is 8.33. The van der Waals surface area contributed by atoms with Gasteiger partial charge < -0.3 is 10.4 Å². The molecule has 0 aliphatic carbocycles. The highest BCUT2D eigenvalue weighted by Gasteiger charge is 2.14. The Morgan fingerprint density at radius 1 is 1.32 bits per heavy atom. The van der Waals surface area contributed by atoms with Crippen LogP contribution in [-0.2, 0) is 13.0 Å². The highest BCUT2D eigenvalue weighted by Crippen LogP contribution is 2.13. The van der Waals surface area contributed by atoms with Gasteiger partial charge in [0.1, 0.15) is 5.52 Å². The number of nitrogens with zero attached hydrogens (tertiary/aromatic N) is 4. The number of amides is 1. The summed E-state index contributed by atoms with van der Waals surface area (Å²) in [5.41, 5.74) is 3.03. The van der Waals surface area contributed by atoms with Crippen molar-refractivity contribution in [3.05, 3.63) is 53.9 Å². The molecule has 25 heavy (non-hydrogen) atoms. The average Bonchev–Trinajstić information content (AvgIpc) is 3.08. The molecule has 0 bridgehead atoms. The number of fused-ring (bicyclic) bond motifs is 1. The quantitative estimate of drug-likeness (QED) is 0.679. The number of aliphatic hydroxyl groups is 1. The summed E-state index contributed by atoms with van der Waals surface area (Å²) in [5.74, 6) is -0.268. The molecule has 1 atom stereocenters. The largest absolute Gasteiger partial charge is 0.396 e. The van der Waals surface area contributed by atoms with Gasteiger partial charge in [0, 0.05) is 43.1 Å². The molecule has 0 saturated heterocycles. The van der Waals surface area contributed by atoms with Crippen molar-refractivity contribution in [3.63, 3.8) is 0 Å². The SMILES string of the molecule is CCn1nnc2cc(C(=O)NCC(CO)Cc3ccccn3)ccc21. The van der Waals surface area contributed by atoms with E-state index >= 15 is 0 Å². The van der Waals surface area contributed by atoms with E-state index in [-0.39, 0.29) is 18.4 Å². The number of nitrogens with one attached hydrogen (secondary N) is 1. The van der Waals surface area contributed by atoms with Crippen molar-refractivity contribution in [3.8, 4) is 0 Å². The van der Waals surface area contributed by atoms with Gasteiger partial charge in [0.05, 0.1) is 5.52 Å². The number of benzene rings is 1. The summed E-state index contributed by atoms with van der Waals surface area (Å²) in [6.07, 6.45) is 2.34. The minimum Gasteiger partial charge on any atom is -0.396 e. The zero-order valence-corrected chi connectivity index (χ0v) is 14.1. The van der Waals surface area contributed by atoms with E-state index in [1.807, 2.05) is 31.2 Å². The van der Waals surface area contributed by atoms with Crippen LogP contribution in [0.2, 0.25) is 0 Å². The first kappa shape index (κ1) is 17.0. The van der Waals surface area contributed by atoms with E-state index in [0.717, 1.165) is 17.8 Å². The van der Waals surface area contributed by atoms with E-state index in [2.05, 4.69) is 20.6 Å². The highest BCUT2D eigenvalue weighted by molar-refractivity contribution is 5.97. The number of carbonyl (C=O) groups is 1. The molecule has 3 rings (SSSR count). The van der Waals surface area contributed by atoms with Crippen molar-refractivity contribution >= 4 is 16.9 Å². The van der Waals surface area contributed by atoms with Crippen molar-refractivity contribution in [2.45, 2.75) is 19.9 Å². The number of rotatable bonds is 7. The Morgan fingerprint density at radius 3 is 2.92 bits per heavy atom. The van der Waals surface area contributed by atoms with Crippen LogP contribution in [0.5, 0.6) is 0 Å². The molecule has 130 valence electrons. The van der Waals surface area contributed by atoms with Crippen LogP contribution < -0.4 is 5.32 Å². The fraction of sp³-hybridized carbons (Fsp3) is 0.333. The minimum atomic E-state index is -0.188. The molecule has 2 N–H and O–H groups in total. The van der Waals surface area contributed by atoms with Crippen LogP contribution in [-0.4, -0.2) is 44.1 Å². The van der Waals surface area contributed by atoms with E-state index in [9.17, 15) is 9.90 Å². The summed E-state index contributed by atoms with van der Waals surface area (Å²) in [6, 6.07) is 11.0. The van der Waals surface area contributed by atoms with Gasteiger partial charge in [-0.15, -0.1) is 5.10 Å². The van der Waals surface area contributed by atoms with Crippen molar-refractivity contribution in [2.75, 3.05) is 13.2 Å². The van der Waals surface area contributed by atoms with Crippen LogP contribution in [0.3, 0.4) is 0 Å². The Labute approximate surface area is 145 Å². The number of hydrogen-bond acceptors (Lipinski definition) is 5. The maximum Gasteiger partial charge on any atom is 0.251 e. The third-order valence-corrected chi connectivity index (χ3v) is 4.11. The predicted octanol–water partition coefficient (Wildman–Crippen LogP) is 1.43. The molecule has 0 saturated carbocycles. The summed E-state index contributed by atoms with van der Waals surface area (Å²) in [6.45, 7) is 3.09. The van der Waals surface area contributed by atoms with Crippen LogP contribution in [0.4, 0.5) is 0 Å². The van der Waals surface area contributed by atoms with Gasteiger partial charge in [-0.2, -0.15) is 0 Å². The van der Waals surface area contributed by atoms with Gasteiger partial charge >= 0.3 is 0 Å². The molecule has 0 spiro atoms. The molecule has 7 heteroatoms. The van der Waals surface area contributed by atoms with Gasteiger partial charge in [0.15, 0.2) is 0 Å². The second-order valence-corrected chi connectivity index (χ2v) is 5.89. The summed E-state index contributed by atoms with van der Waals surface area (Å²) in [5, 5.41) is 20.5. The molecule has 2 heterocycles. The lowest BCUT2D eigenvalue weighted by Crippen LogP contribution is -2.32. The molecule has 0 aliphatic rings. The van der Waals surface area contributed by atoms with Crippen molar-refractivity contribution in [1.82, 2.24) is 25.3 Å². The Bertz CT molecular complexity index is 847. The monoisotopic (exact) mass is 339 g/mol. The van der Waals surface area contributed by atoms with Crippen LogP contribution in [0, 0.1) is 5.92 Å². The number of hydrogen-bond donors (Lipinski definition) is 2. The maximum atomic E-state index is 12.4. The lowest BCUT2D eigenvalue weighted by molar-refractivity contribution is 0.0940. The fourth-order valence-corrected chi connectivity index (χ4v) is 2.70. The smallest absolute Gasteiger partial charge is 0.251 e. The van der Waals surface area contributed by atoms with Gasteiger partial charge in [0.25, 0.3) is 5.91 Å². The number of pyridine rings is 1. The zero-order chi connectivity index (χ0) is 17.6. The Balaban J connectivity index is 1.63. The highest BCUT2D eigenvalue weighted by atomic mass is 16.3.